The Bertz CT molecular complexity index is 722. The molecule has 0 spiro atoms. The number of rotatable bonds is 6. The summed E-state index contributed by atoms with van der Waals surface area (Å²) in [6, 6.07) is 6.18. The molecule has 1 aromatic carbocycles. The molecule has 1 aliphatic heterocycles. The molecule has 30 heavy (non-hydrogen) atoms. The van der Waals surface area contributed by atoms with Crippen LogP contribution in [0.25, 0.3) is 0 Å². The molecule has 0 atom stereocenters. The Morgan fingerprint density at radius 1 is 1.17 bits per heavy atom. The Morgan fingerprint density at radius 2 is 1.87 bits per heavy atom. The van der Waals surface area contributed by atoms with Crippen LogP contribution in [-0.2, 0) is 11.3 Å². The number of hydrogen-bond donors (Lipinski definition) is 2. The van der Waals surface area contributed by atoms with E-state index in [0.717, 1.165) is 43.5 Å². The molecule has 1 saturated heterocycles. The number of nitrogens with one attached hydrogen (secondary N) is 2. The van der Waals surface area contributed by atoms with Crippen LogP contribution in [0, 0.1) is 6.92 Å². The highest BCUT2D eigenvalue weighted by atomic mass is 16.6. The van der Waals surface area contributed by atoms with Crippen molar-refractivity contribution in [1.29, 1.82) is 0 Å². The van der Waals surface area contributed by atoms with Crippen LogP contribution in [0.5, 0.6) is 5.75 Å². The van der Waals surface area contributed by atoms with Gasteiger partial charge < -0.3 is 25.0 Å². The molecule has 0 aromatic heterocycles. The van der Waals surface area contributed by atoms with Crippen LogP contribution >= 0.6 is 0 Å². The maximum Gasteiger partial charge on any atom is 0.410 e. The van der Waals surface area contributed by atoms with E-state index in [1.54, 1.807) is 19.1 Å². The number of aliphatic imine (C=N–C) groups is 1. The number of amides is 1. The fraction of sp³-hybridized carbons (Fsp3) is 0.636. The molecule has 1 aliphatic rings. The van der Waals surface area contributed by atoms with Crippen molar-refractivity contribution < 1.29 is 14.3 Å². The number of nitrogens with zero attached hydrogens (tertiary/aromatic N) is 3. The molecule has 1 heterocycles. The summed E-state index contributed by atoms with van der Waals surface area (Å²) < 4.78 is 10.9. The van der Waals surface area contributed by atoms with Gasteiger partial charge in [0.05, 0.1) is 7.11 Å². The minimum absolute atomic E-state index is 0.226. The molecule has 8 nitrogen and oxygen atoms in total. The molecular weight excluding hydrogens is 382 g/mol. The molecule has 168 valence electrons. The Balaban J connectivity index is 1.70. The van der Waals surface area contributed by atoms with Gasteiger partial charge in [-0.05, 0) is 39.3 Å². The number of benzene rings is 1. The second-order valence-electron chi connectivity index (χ2n) is 8.48. The topological polar surface area (TPSA) is 78.4 Å². The van der Waals surface area contributed by atoms with Gasteiger partial charge in [0.1, 0.15) is 11.4 Å². The number of guanidine groups is 1. The molecule has 0 radical (unpaired) electrons. The lowest BCUT2D eigenvalue weighted by Crippen LogP contribution is -2.51. The third-order valence-corrected chi connectivity index (χ3v) is 4.86. The van der Waals surface area contributed by atoms with E-state index in [9.17, 15) is 4.79 Å². The van der Waals surface area contributed by atoms with E-state index >= 15 is 0 Å². The summed E-state index contributed by atoms with van der Waals surface area (Å²) in [5.74, 6) is 1.63. The van der Waals surface area contributed by atoms with Crippen LogP contribution in [0.3, 0.4) is 0 Å². The van der Waals surface area contributed by atoms with E-state index in [0.29, 0.717) is 19.6 Å². The highest BCUT2D eigenvalue weighted by molar-refractivity contribution is 5.79. The van der Waals surface area contributed by atoms with Crippen molar-refractivity contribution >= 4 is 12.1 Å². The van der Waals surface area contributed by atoms with Gasteiger partial charge in [0, 0.05) is 58.4 Å². The van der Waals surface area contributed by atoms with E-state index in [2.05, 4.69) is 32.7 Å². The second-order valence-corrected chi connectivity index (χ2v) is 8.48. The molecule has 1 aromatic rings. The highest BCUT2D eigenvalue weighted by Crippen LogP contribution is 2.19. The normalized spacial score (nSPS) is 15.7. The van der Waals surface area contributed by atoms with Gasteiger partial charge in [-0.3, -0.25) is 9.89 Å². The fourth-order valence-corrected chi connectivity index (χ4v) is 3.21. The number of carbonyl (C=O) groups is 1. The number of methoxy groups -OCH3 is 1. The molecule has 0 unspecified atom stereocenters. The maximum absolute atomic E-state index is 12.2. The Morgan fingerprint density at radius 3 is 2.47 bits per heavy atom. The van der Waals surface area contributed by atoms with Crippen LogP contribution in [-0.4, -0.2) is 80.9 Å². The maximum atomic E-state index is 12.2. The summed E-state index contributed by atoms with van der Waals surface area (Å²) in [7, 11) is 3.45. The van der Waals surface area contributed by atoms with Crippen LogP contribution in [0.1, 0.15) is 31.9 Å². The number of hydrogen-bond acceptors (Lipinski definition) is 5. The van der Waals surface area contributed by atoms with Crippen molar-refractivity contribution in [2.24, 2.45) is 4.99 Å². The molecule has 1 amide bonds. The minimum Gasteiger partial charge on any atom is -0.496 e. The van der Waals surface area contributed by atoms with Gasteiger partial charge in [-0.2, -0.15) is 0 Å². The van der Waals surface area contributed by atoms with Crippen LogP contribution in [0.15, 0.2) is 23.2 Å². The molecule has 0 saturated carbocycles. The summed E-state index contributed by atoms with van der Waals surface area (Å²) in [6.45, 7) is 13.1. The summed E-state index contributed by atoms with van der Waals surface area (Å²) >= 11 is 0. The van der Waals surface area contributed by atoms with Gasteiger partial charge in [-0.25, -0.2) is 4.79 Å². The van der Waals surface area contributed by atoms with Gasteiger partial charge in [0.15, 0.2) is 5.96 Å². The Labute approximate surface area is 180 Å². The third kappa shape index (κ3) is 7.74. The van der Waals surface area contributed by atoms with E-state index in [1.807, 2.05) is 33.8 Å². The average molecular weight is 420 g/mol. The zero-order valence-electron chi connectivity index (χ0n) is 19.2. The predicted octanol–water partition coefficient (Wildman–Crippen LogP) is 2.22. The van der Waals surface area contributed by atoms with E-state index in [4.69, 9.17) is 9.47 Å². The molecule has 8 heteroatoms. The third-order valence-electron chi connectivity index (χ3n) is 4.86. The average Bonchev–Trinajstić information content (AvgIpc) is 2.70. The van der Waals surface area contributed by atoms with Gasteiger partial charge in [-0.15, -0.1) is 0 Å². The quantitative estimate of drug-likeness (QED) is 0.544. The summed E-state index contributed by atoms with van der Waals surface area (Å²) in [5, 5.41) is 6.68. The minimum atomic E-state index is -0.455. The first-order valence-corrected chi connectivity index (χ1v) is 10.5. The number of carbonyl (C=O) groups excluding carboxylic acids is 1. The smallest absolute Gasteiger partial charge is 0.410 e. The first-order chi connectivity index (χ1) is 14.2. The Kier molecular flexibility index (Phi) is 8.77. The van der Waals surface area contributed by atoms with E-state index < -0.39 is 5.60 Å². The molecule has 2 N–H and O–H groups in total. The van der Waals surface area contributed by atoms with Crippen molar-refractivity contribution in [3.8, 4) is 5.75 Å². The number of aryl methyl sites for hydroxylation is 1. The predicted molar refractivity (Wildman–Crippen MR) is 120 cm³/mol. The van der Waals surface area contributed by atoms with Crippen molar-refractivity contribution in [2.75, 3.05) is 53.4 Å². The largest absolute Gasteiger partial charge is 0.496 e. The summed E-state index contributed by atoms with van der Waals surface area (Å²) in [4.78, 5) is 20.6. The van der Waals surface area contributed by atoms with Crippen molar-refractivity contribution in [3.63, 3.8) is 0 Å². The van der Waals surface area contributed by atoms with Gasteiger partial charge in [-0.1, -0.05) is 12.1 Å². The van der Waals surface area contributed by atoms with E-state index in [1.165, 1.54) is 5.56 Å². The summed E-state index contributed by atoms with van der Waals surface area (Å²) in [5.41, 5.74) is 1.80. The molecule has 0 aliphatic carbocycles. The zero-order chi connectivity index (χ0) is 22.1. The first-order valence-electron chi connectivity index (χ1n) is 10.5. The van der Waals surface area contributed by atoms with Crippen LogP contribution in [0.4, 0.5) is 4.79 Å². The molecule has 2 rings (SSSR count). The van der Waals surface area contributed by atoms with Crippen molar-refractivity contribution in [2.45, 2.75) is 39.8 Å². The molecule has 0 bridgehead atoms. The molecule has 1 fully saturated rings. The van der Waals surface area contributed by atoms with Crippen LogP contribution in [0.2, 0.25) is 0 Å². The van der Waals surface area contributed by atoms with Crippen molar-refractivity contribution in [1.82, 2.24) is 20.4 Å². The fourth-order valence-electron chi connectivity index (χ4n) is 3.21. The van der Waals surface area contributed by atoms with E-state index in [-0.39, 0.29) is 6.09 Å². The van der Waals surface area contributed by atoms with Crippen molar-refractivity contribution in [3.05, 3.63) is 29.3 Å². The van der Waals surface area contributed by atoms with Gasteiger partial charge in [0.25, 0.3) is 0 Å². The number of ether oxygens (including phenoxy) is 2. The zero-order valence-corrected chi connectivity index (χ0v) is 19.2. The van der Waals surface area contributed by atoms with Crippen LogP contribution < -0.4 is 15.4 Å². The number of piperazine rings is 1. The lowest BCUT2D eigenvalue weighted by molar-refractivity contribution is 0.0147. The lowest BCUT2D eigenvalue weighted by Gasteiger charge is -2.35. The standard InChI is InChI=1S/C22H37N5O3/c1-17-7-8-18(19(15-17)29-6)16-25-20(23-5)24-9-10-26-11-13-27(14-12-26)21(28)30-22(2,3)4/h7-8,15H,9-14,16H2,1-6H3,(H2,23,24,25). The second kappa shape index (κ2) is 11.1. The SMILES string of the molecule is CN=C(NCCN1CCN(C(=O)OC(C)(C)C)CC1)NCc1ccc(C)cc1OC. The monoisotopic (exact) mass is 419 g/mol. The van der Waals surface area contributed by atoms with Gasteiger partial charge in [0.2, 0.25) is 0 Å². The van der Waals surface area contributed by atoms with Gasteiger partial charge >= 0.3 is 6.09 Å². The Hall–Kier alpha value is -2.48. The lowest BCUT2D eigenvalue weighted by atomic mass is 10.1. The highest BCUT2D eigenvalue weighted by Gasteiger charge is 2.25. The molecular formula is C22H37N5O3. The first kappa shape index (κ1) is 23.8. The summed E-state index contributed by atoms with van der Waals surface area (Å²) in [6.07, 6.45) is -0.226.